The second-order valence-electron chi connectivity index (χ2n) is 4.12. The number of hydrogen-bond acceptors (Lipinski definition) is 6. The molecule has 0 radical (unpaired) electrons. The summed E-state index contributed by atoms with van der Waals surface area (Å²) in [4.78, 5) is 14.5. The average molecular weight is 348 g/mol. The Hall–Kier alpha value is -1.55. The van der Waals surface area contributed by atoms with Gasteiger partial charge >= 0.3 is 0 Å². The number of nitrogens with zero attached hydrogens (tertiary/aromatic N) is 2. The molecule has 0 aliphatic rings. The van der Waals surface area contributed by atoms with Gasteiger partial charge in [-0.15, -0.1) is 11.3 Å². The first kappa shape index (κ1) is 15.8. The number of halogens is 1. The van der Waals surface area contributed by atoms with Crippen molar-refractivity contribution < 1.29 is 13.3 Å². The predicted molar refractivity (Wildman–Crippen MR) is 79.0 cm³/mol. The summed E-state index contributed by atoms with van der Waals surface area (Å²) >= 11 is 7.05. The van der Waals surface area contributed by atoms with Gasteiger partial charge in [-0.1, -0.05) is 11.6 Å². The van der Waals surface area contributed by atoms with Gasteiger partial charge in [-0.3, -0.25) is 15.1 Å². The molecule has 112 valence electrons. The van der Waals surface area contributed by atoms with Gasteiger partial charge in [0.15, 0.2) is 0 Å². The summed E-state index contributed by atoms with van der Waals surface area (Å²) in [6, 6.07) is 2.23. The van der Waals surface area contributed by atoms with E-state index in [1.165, 1.54) is 24.3 Å². The van der Waals surface area contributed by atoms with Crippen LogP contribution in [-0.2, 0) is 16.6 Å². The maximum atomic E-state index is 12.2. The van der Waals surface area contributed by atoms with Gasteiger partial charge in [0.25, 0.3) is 5.69 Å². The van der Waals surface area contributed by atoms with E-state index < -0.39 is 20.6 Å². The second kappa shape index (κ2) is 6.06. The summed E-state index contributed by atoms with van der Waals surface area (Å²) in [5.41, 5.74) is 1.48. The number of nitrogens with one attached hydrogen (secondary N) is 1. The molecule has 1 heterocycles. The minimum absolute atomic E-state index is 0.0723. The van der Waals surface area contributed by atoms with Crippen molar-refractivity contribution in [3.63, 3.8) is 0 Å². The van der Waals surface area contributed by atoms with Crippen molar-refractivity contribution in [2.75, 3.05) is 0 Å². The van der Waals surface area contributed by atoms with Crippen LogP contribution in [0.1, 0.15) is 10.4 Å². The van der Waals surface area contributed by atoms with Crippen molar-refractivity contribution in [1.29, 1.82) is 0 Å². The van der Waals surface area contributed by atoms with E-state index >= 15 is 0 Å². The molecule has 1 N–H and O–H groups in total. The first-order valence-electron chi connectivity index (χ1n) is 5.63. The van der Waals surface area contributed by atoms with Crippen molar-refractivity contribution in [2.24, 2.45) is 0 Å². The van der Waals surface area contributed by atoms with E-state index in [0.29, 0.717) is 5.56 Å². The molecule has 2 rings (SSSR count). The molecule has 21 heavy (non-hydrogen) atoms. The van der Waals surface area contributed by atoms with Gasteiger partial charge in [0.1, 0.15) is 5.02 Å². The molecular weight excluding hydrogens is 338 g/mol. The maximum absolute atomic E-state index is 12.2. The molecule has 0 aliphatic heterocycles. The molecule has 0 fully saturated rings. The van der Waals surface area contributed by atoms with E-state index in [1.54, 1.807) is 11.7 Å². The molecule has 2 aromatic rings. The molecule has 0 aliphatic carbocycles. The molecule has 0 unspecified atom stereocenters. The number of rotatable bonds is 5. The Morgan fingerprint density at radius 3 is 2.76 bits per heavy atom. The van der Waals surface area contributed by atoms with E-state index in [2.05, 4.69) is 9.71 Å². The number of thiazole rings is 1. The third-order valence-corrected chi connectivity index (χ3v) is 5.28. The molecule has 0 spiro atoms. The van der Waals surface area contributed by atoms with Gasteiger partial charge in [-0.25, -0.2) is 13.1 Å². The Morgan fingerprint density at radius 1 is 1.48 bits per heavy atom. The van der Waals surface area contributed by atoms with Crippen LogP contribution in [0.15, 0.2) is 28.7 Å². The zero-order chi connectivity index (χ0) is 15.6. The summed E-state index contributed by atoms with van der Waals surface area (Å²) < 4.78 is 26.9. The third kappa shape index (κ3) is 3.56. The summed E-state index contributed by atoms with van der Waals surface area (Å²) in [6.07, 6.45) is 1.55. The van der Waals surface area contributed by atoms with E-state index in [4.69, 9.17) is 11.6 Å². The van der Waals surface area contributed by atoms with Crippen LogP contribution in [0.5, 0.6) is 0 Å². The molecule has 10 heteroatoms. The van der Waals surface area contributed by atoms with E-state index in [0.717, 1.165) is 10.9 Å². The van der Waals surface area contributed by atoms with Crippen LogP contribution < -0.4 is 4.72 Å². The van der Waals surface area contributed by atoms with Crippen LogP contribution in [0.2, 0.25) is 5.02 Å². The minimum atomic E-state index is -3.87. The highest BCUT2D eigenvalue weighted by molar-refractivity contribution is 7.89. The van der Waals surface area contributed by atoms with Crippen molar-refractivity contribution >= 4 is 38.6 Å². The van der Waals surface area contributed by atoms with Crippen LogP contribution in [0, 0.1) is 17.0 Å². The molecular formula is C11H10ClN3O4S2. The fraction of sp³-hybridized carbons (Fsp3) is 0.182. The summed E-state index contributed by atoms with van der Waals surface area (Å²) in [7, 11) is -3.87. The fourth-order valence-corrected chi connectivity index (χ4v) is 3.81. The average Bonchev–Trinajstić information content (AvgIpc) is 2.88. The normalized spacial score (nSPS) is 11.5. The van der Waals surface area contributed by atoms with Gasteiger partial charge in [0, 0.05) is 23.7 Å². The molecule has 0 amide bonds. The standard InChI is InChI=1S/C11H10ClN3O4S2/c1-7-2-9(12)10(15(16)17)3-11(7)21(18,19)14-5-8-4-13-6-20-8/h2-4,6,14H,5H2,1H3. The monoisotopic (exact) mass is 347 g/mol. The lowest BCUT2D eigenvalue weighted by Gasteiger charge is -2.09. The largest absolute Gasteiger partial charge is 0.289 e. The highest BCUT2D eigenvalue weighted by Crippen LogP contribution is 2.30. The zero-order valence-corrected chi connectivity index (χ0v) is 13.1. The van der Waals surface area contributed by atoms with E-state index in [9.17, 15) is 18.5 Å². The summed E-state index contributed by atoms with van der Waals surface area (Å²) in [5, 5.41) is 10.8. The Kier molecular flexibility index (Phi) is 4.57. The maximum Gasteiger partial charge on any atom is 0.289 e. The number of hydrogen-bond donors (Lipinski definition) is 1. The lowest BCUT2D eigenvalue weighted by atomic mass is 10.2. The van der Waals surface area contributed by atoms with Gasteiger partial charge in [-0.2, -0.15) is 0 Å². The molecule has 0 bridgehead atoms. The van der Waals surface area contributed by atoms with Crippen LogP contribution in [0.4, 0.5) is 5.69 Å². The summed E-state index contributed by atoms with van der Waals surface area (Å²) in [6.45, 7) is 1.60. The Labute approximate surface area is 129 Å². The number of nitro groups is 1. The molecule has 0 atom stereocenters. The lowest BCUT2D eigenvalue weighted by Crippen LogP contribution is -2.23. The topological polar surface area (TPSA) is 102 Å². The third-order valence-electron chi connectivity index (χ3n) is 2.65. The Balaban J connectivity index is 2.35. The minimum Gasteiger partial charge on any atom is -0.258 e. The van der Waals surface area contributed by atoms with E-state index in [1.807, 2.05) is 0 Å². The smallest absolute Gasteiger partial charge is 0.258 e. The fourth-order valence-electron chi connectivity index (χ4n) is 1.64. The van der Waals surface area contributed by atoms with Crippen LogP contribution in [-0.4, -0.2) is 18.3 Å². The van der Waals surface area contributed by atoms with Crippen molar-refractivity contribution in [2.45, 2.75) is 18.4 Å². The van der Waals surface area contributed by atoms with Gasteiger partial charge in [-0.05, 0) is 18.6 Å². The van der Waals surface area contributed by atoms with Crippen molar-refractivity contribution in [3.8, 4) is 0 Å². The Morgan fingerprint density at radius 2 is 2.19 bits per heavy atom. The molecule has 1 aromatic heterocycles. The van der Waals surface area contributed by atoms with Gasteiger partial charge in [0.05, 0.1) is 15.3 Å². The zero-order valence-electron chi connectivity index (χ0n) is 10.7. The van der Waals surface area contributed by atoms with Crippen molar-refractivity contribution in [1.82, 2.24) is 9.71 Å². The SMILES string of the molecule is Cc1cc(Cl)c([N+](=O)[O-])cc1S(=O)(=O)NCc1cncs1. The number of benzene rings is 1. The molecule has 0 saturated carbocycles. The number of sulfonamides is 1. The van der Waals surface area contributed by atoms with Crippen LogP contribution in [0.3, 0.4) is 0 Å². The van der Waals surface area contributed by atoms with Gasteiger partial charge in [0.2, 0.25) is 10.0 Å². The van der Waals surface area contributed by atoms with Gasteiger partial charge < -0.3 is 0 Å². The Bertz CT molecular complexity index is 775. The van der Waals surface area contributed by atoms with Crippen LogP contribution in [0.25, 0.3) is 0 Å². The molecule has 7 nitrogen and oxygen atoms in total. The number of aromatic nitrogens is 1. The molecule has 0 saturated heterocycles. The van der Waals surface area contributed by atoms with Crippen LogP contribution >= 0.6 is 22.9 Å². The highest BCUT2D eigenvalue weighted by atomic mass is 35.5. The number of nitro benzene ring substituents is 1. The highest BCUT2D eigenvalue weighted by Gasteiger charge is 2.23. The lowest BCUT2D eigenvalue weighted by molar-refractivity contribution is -0.384. The molecule has 1 aromatic carbocycles. The number of aryl methyl sites for hydroxylation is 1. The first-order valence-corrected chi connectivity index (χ1v) is 8.37. The predicted octanol–water partition coefficient (Wildman–Crippen LogP) is 2.49. The first-order chi connectivity index (χ1) is 9.81. The quantitative estimate of drug-likeness (QED) is 0.661. The second-order valence-corrected chi connectivity index (χ2v) is 7.23. The summed E-state index contributed by atoms with van der Waals surface area (Å²) in [5.74, 6) is 0. The van der Waals surface area contributed by atoms with E-state index in [-0.39, 0.29) is 16.5 Å². The van der Waals surface area contributed by atoms with Crippen molar-refractivity contribution in [3.05, 3.63) is 49.4 Å².